The predicted octanol–water partition coefficient (Wildman–Crippen LogP) is 6.42. The van der Waals surface area contributed by atoms with Gasteiger partial charge in [-0.1, -0.05) is 96.5 Å². The Morgan fingerprint density at radius 2 is 0.735 bits per heavy atom. The minimum absolute atomic E-state index is 0.630. The summed E-state index contributed by atoms with van der Waals surface area (Å²) < 4.78 is 0. The monoisotopic (exact) mass is 434 g/mol. The normalized spacial score (nSPS) is 10.1. The molecule has 0 bridgehead atoms. The van der Waals surface area contributed by atoms with Crippen LogP contribution in [0.2, 0.25) is 0 Å². The fraction of sp³-hybridized carbons (Fsp3) is 0. The Morgan fingerprint density at radius 1 is 0.412 bits per heavy atom. The highest BCUT2D eigenvalue weighted by molar-refractivity contribution is 6.09. The molecular weight excluding hydrogens is 416 g/mol. The van der Waals surface area contributed by atoms with Crippen molar-refractivity contribution in [2.45, 2.75) is 0 Å². The molecule has 0 fully saturated rings. The van der Waals surface area contributed by atoms with Crippen LogP contribution in [0.3, 0.4) is 0 Å². The SMILES string of the molecule is O=Cc1ccc(C#Cc2c3ccccc3c(C#Cc3ccc(C=O)cc3)c3ccccc23)cc1. The lowest BCUT2D eigenvalue weighted by Gasteiger charge is -2.10. The average molecular weight is 434 g/mol. The van der Waals surface area contributed by atoms with Gasteiger partial charge in [0.1, 0.15) is 12.6 Å². The minimum Gasteiger partial charge on any atom is -0.298 e. The molecule has 0 unspecified atom stereocenters. The van der Waals surface area contributed by atoms with Gasteiger partial charge < -0.3 is 0 Å². The van der Waals surface area contributed by atoms with E-state index in [-0.39, 0.29) is 0 Å². The Balaban J connectivity index is 1.70. The highest BCUT2D eigenvalue weighted by Gasteiger charge is 2.11. The summed E-state index contributed by atoms with van der Waals surface area (Å²) in [5.41, 5.74) is 4.86. The second-order valence-corrected chi connectivity index (χ2v) is 7.82. The Bertz CT molecular complexity index is 1480. The molecule has 0 heterocycles. The van der Waals surface area contributed by atoms with Crippen LogP contribution in [-0.4, -0.2) is 12.6 Å². The van der Waals surface area contributed by atoms with Crippen molar-refractivity contribution in [3.05, 3.63) is 130 Å². The Labute approximate surface area is 197 Å². The number of carbonyl (C=O) groups is 2. The van der Waals surface area contributed by atoms with E-state index in [0.717, 1.165) is 56.4 Å². The first-order valence-electron chi connectivity index (χ1n) is 10.8. The molecule has 0 aliphatic rings. The molecule has 0 aliphatic carbocycles. The molecule has 0 aliphatic heterocycles. The molecule has 0 radical (unpaired) electrons. The van der Waals surface area contributed by atoms with Gasteiger partial charge in [-0.3, -0.25) is 9.59 Å². The van der Waals surface area contributed by atoms with Crippen LogP contribution in [0.15, 0.2) is 97.1 Å². The van der Waals surface area contributed by atoms with E-state index in [0.29, 0.717) is 11.1 Å². The van der Waals surface area contributed by atoms with Gasteiger partial charge in [-0.05, 0) is 45.8 Å². The topological polar surface area (TPSA) is 34.1 Å². The van der Waals surface area contributed by atoms with E-state index in [1.54, 1.807) is 24.3 Å². The minimum atomic E-state index is 0.630. The maximum Gasteiger partial charge on any atom is 0.150 e. The van der Waals surface area contributed by atoms with Crippen LogP contribution in [0.25, 0.3) is 21.5 Å². The lowest BCUT2D eigenvalue weighted by atomic mass is 9.92. The molecule has 2 nitrogen and oxygen atoms in total. The number of fused-ring (bicyclic) bond motifs is 2. The van der Waals surface area contributed by atoms with Crippen molar-refractivity contribution >= 4 is 34.1 Å². The molecule has 0 N–H and O–H groups in total. The fourth-order valence-corrected chi connectivity index (χ4v) is 3.96. The van der Waals surface area contributed by atoms with Crippen LogP contribution >= 0.6 is 0 Å². The number of hydrogen-bond acceptors (Lipinski definition) is 2. The van der Waals surface area contributed by atoms with Gasteiger partial charge >= 0.3 is 0 Å². The largest absolute Gasteiger partial charge is 0.298 e. The van der Waals surface area contributed by atoms with Crippen molar-refractivity contribution in [1.29, 1.82) is 0 Å². The first kappa shape index (κ1) is 21.0. The standard InChI is InChI=1S/C32H18O2/c33-21-25-13-9-23(10-14-25)17-19-31-27-5-1-2-6-28(27)32(30-8-4-3-7-29(30)31)20-18-24-11-15-26(22-34)16-12-24/h1-16,21-22H. The molecule has 34 heavy (non-hydrogen) atoms. The van der Waals surface area contributed by atoms with Crippen LogP contribution < -0.4 is 0 Å². The molecule has 0 atom stereocenters. The second kappa shape index (κ2) is 9.29. The zero-order chi connectivity index (χ0) is 23.3. The zero-order valence-corrected chi connectivity index (χ0v) is 18.2. The van der Waals surface area contributed by atoms with Gasteiger partial charge in [-0.2, -0.15) is 0 Å². The molecular formula is C32H18O2. The Morgan fingerprint density at radius 3 is 1.03 bits per heavy atom. The molecule has 0 spiro atoms. The third kappa shape index (κ3) is 4.09. The maximum atomic E-state index is 10.9. The number of rotatable bonds is 2. The molecule has 5 aromatic carbocycles. The first-order valence-corrected chi connectivity index (χ1v) is 10.8. The smallest absolute Gasteiger partial charge is 0.150 e. The molecule has 0 saturated heterocycles. The van der Waals surface area contributed by atoms with Crippen molar-refractivity contribution in [1.82, 2.24) is 0 Å². The van der Waals surface area contributed by atoms with E-state index in [1.807, 2.05) is 48.5 Å². The summed E-state index contributed by atoms with van der Waals surface area (Å²) in [5, 5.41) is 4.16. The summed E-state index contributed by atoms with van der Waals surface area (Å²) in [6, 6.07) is 30.9. The molecule has 2 heteroatoms. The van der Waals surface area contributed by atoms with Crippen molar-refractivity contribution < 1.29 is 9.59 Å². The van der Waals surface area contributed by atoms with E-state index in [9.17, 15) is 9.59 Å². The van der Waals surface area contributed by atoms with Gasteiger partial charge in [-0.15, -0.1) is 0 Å². The third-order valence-electron chi connectivity index (χ3n) is 5.69. The summed E-state index contributed by atoms with van der Waals surface area (Å²) in [6.45, 7) is 0. The van der Waals surface area contributed by atoms with Gasteiger partial charge in [0.05, 0.1) is 0 Å². The van der Waals surface area contributed by atoms with Crippen molar-refractivity contribution in [3.63, 3.8) is 0 Å². The van der Waals surface area contributed by atoms with Crippen molar-refractivity contribution in [2.24, 2.45) is 0 Å². The van der Waals surface area contributed by atoms with E-state index >= 15 is 0 Å². The van der Waals surface area contributed by atoms with Gasteiger partial charge in [0.15, 0.2) is 0 Å². The van der Waals surface area contributed by atoms with Gasteiger partial charge in [0.2, 0.25) is 0 Å². The van der Waals surface area contributed by atoms with Gasteiger partial charge in [0, 0.05) is 33.4 Å². The van der Waals surface area contributed by atoms with E-state index in [4.69, 9.17) is 0 Å². The van der Waals surface area contributed by atoms with Crippen molar-refractivity contribution in [3.8, 4) is 23.7 Å². The molecule has 158 valence electrons. The first-order chi connectivity index (χ1) is 16.8. The molecule has 0 amide bonds. The third-order valence-corrected chi connectivity index (χ3v) is 5.69. The van der Waals surface area contributed by atoms with Crippen LogP contribution in [0, 0.1) is 23.7 Å². The summed E-state index contributed by atoms with van der Waals surface area (Å²) in [6.07, 6.45) is 1.66. The molecule has 5 rings (SSSR count). The van der Waals surface area contributed by atoms with E-state index in [2.05, 4.69) is 47.9 Å². The van der Waals surface area contributed by atoms with Gasteiger partial charge in [0.25, 0.3) is 0 Å². The van der Waals surface area contributed by atoms with Crippen LogP contribution in [0.1, 0.15) is 43.0 Å². The lowest BCUT2D eigenvalue weighted by Crippen LogP contribution is -1.90. The quantitative estimate of drug-likeness (QED) is 0.183. The maximum absolute atomic E-state index is 10.9. The van der Waals surface area contributed by atoms with E-state index in [1.165, 1.54) is 0 Å². The predicted molar refractivity (Wildman–Crippen MR) is 137 cm³/mol. The zero-order valence-electron chi connectivity index (χ0n) is 18.2. The number of benzene rings is 5. The van der Waals surface area contributed by atoms with Crippen molar-refractivity contribution in [2.75, 3.05) is 0 Å². The lowest BCUT2D eigenvalue weighted by molar-refractivity contribution is 0.111. The number of carbonyl (C=O) groups excluding carboxylic acids is 2. The summed E-state index contributed by atoms with van der Waals surface area (Å²) >= 11 is 0. The van der Waals surface area contributed by atoms with Gasteiger partial charge in [-0.25, -0.2) is 0 Å². The Hall–Kier alpha value is -4.92. The summed E-state index contributed by atoms with van der Waals surface area (Å²) in [5.74, 6) is 13.3. The van der Waals surface area contributed by atoms with E-state index < -0.39 is 0 Å². The van der Waals surface area contributed by atoms with Crippen LogP contribution in [-0.2, 0) is 0 Å². The highest BCUT2D eigenvalue weighted by Crippen LogP contribution is 2.32. The second-order valence-electron chi connectivity index (χ2n) is 7.82. The number of aldehydes is 2. The summed E-state index contributed by atoms with van der Waals surface area (Å²) in [7, 11) is 0. The average Bonchev–Trinajstić information content (AvgIpc) is 2.91. The van der Waals surface area contributed by atoms with Crippen LogP contribution in [0.4, 0.5) is 0 Å². The molecule has 5 aromatic rings. The highest BCUT2D eigenvalue weighted by atomic mass is 16.1. The summed E-state index contributed by atoms with van der Waals surface area (Å²) in [4.78, 5) is 21.9. The molecule has 0 aromatic heterocycles. The molecule has 0 saturated carbocycles. The Kier molecular flexibility index (Phi) is 5.73. The fourth-order valence-electron chi connectivity index (χ4n) is 3.96. The van der Waals surface area contributed by atoms with Crippen LogP contribution in [0.5, 0.6) is 0 Å². The number of hydrogen-bond donors (Lipinski definition) is 0.